The van der Waals surface area contributed by atoms with Crippen LogP contribution in [0.15, 0.2) is 6.20 Å². The average Bonchev–Trinajstić information content (AvgIpc) is 2.16. The van der Waals surface area contributed by atoms with Crippen molar-refractivity contribution < 1.29 is 13.5 Å². The number of alkyl halides is 3. The number of ether oxygens (including phenoxy) is 1. The molecule has 0 aliphatic heterocycles. The van der Waals surface area contributed by atoms with Crippen molar-refractivity contribution in [2.24, 2.45) is 0 Å². The van der Waals surface area contributed by atoms with Crippen LogP contribution < -0.4 is 10.5 Å². The molecule has 6 heteroatoms. The van der Waals surface area contributed by atoms with Gasteiger partial charge in [-0.25, -0.2) is 13.8 Å². The Hall–Kier alpha value is -0.910. The van der Waals surface area contributed by atoms with Gasteiger partial charge in [0.1, 0.15) is 0 Å². The highest BCUT2D eigenvalue weighted by molar-refractivity contribution is 9.08. The number of pyridine rings is 1. The molecule has 0 aromatic carbocycles. The molecule has 0 aliphatic carbocycles. The molecule has 2 N–H and O–H groups in total. The molecule has 0 unspecified atom stereocenters. The molecule has 1 heterocycles. The van der Waals surface area contributed by atoms with E-state index in [4.69, 9.17) is 10.5 Å². The predicted octanol–water partition coefficient (Wildman–Crippen LogP) is 2.50. The third-order valence-corrected chi connectivity index (χ3v) is 2.32. The smallest absolute Gasteiger partial charge is 0.266 e. The van der Waals surface area contributed by atoms with Crippen molar-refractivity contribution in [1.29, 1.82) is 0 Å². The minimum atomic E-state index is -2.63. The Balaban J connectivity index is 3.35. The number of aromatic nitrogens is 1. The SMILES string of the molecule is COc1ncc(N)c(C(F)F)c1CBr. The molecule has 1 aromatic heterocycles. The van der Waals surface area contributed by atoms with Crippen molar-refractivity contribution in [2.75, 3.05) is 12.8 Å². The van der Waals surface area contributed by atoms with Gasteiger partial charge in [-0.05, 0) is 0 Å². The summed E-state index contributed by atoms with van der Waals surface area (Å²) < 4.78 is 30.1. The van der Waals surface area contributed by atoms with E-state index < -0.39 is 6.43 Å². The van der Waals surface area contributed by atoms with Gasteiger partial charge in [0.05, 0.1) is 24.6 Å². The van der Waals surface area contributed by atoms with Crippen molar-refractivity contribution in [3.05, 3.63) is 17.3 Å². The lowest BCUT2D eigenvalue weighted by atomic mass is 10.1. The van der Waals surface area contributed by atoms with Crippen molar-refractivity contribution in [3.8, 4) is 5.88 Å². The quantitative estimate of drug-likeness (QED) is 0.856. The van der Waals surface area contributed by atoms with Crippen LogP contribution in [-0.4, -0.2) is 12.1 Å². The zero-order chi connectivity index (χ0) is 10.7. The van der Waals surface area contributed by atoms with Crippen LogP contribution in [0.5, 0.6) is 5.88 Å². The predicted molar refractivity (Wildman–Crippen MR) is 52.8 cm³/mol. The van der Waals surface area contributed by atoms with Gasteiger partial charge < -0.3 is 10.5 Å². The Bertz CT molecular complexity index is 333. The maximum atomic E-state index is 12.6. The van der Waals surface area contributed by atoms with Crippen molar-refractivity contribution in [3.63, 3.8) is 0 Å². The first-order chi connectivity index (χ1) is 6.61. The van der Waals surface area contributed by atoms with Crippen LogP contribution in [0.1, 0.15) is 17.6 Å². The summed E-state index contributed by atoms with van der Waals surface area (Å²) >= 11 is 3.09. The molecular weight excluding hydrogens is 258 g/mol. The van der Waals surface area contributed by atoms with Crippen molar-refractivity contribution >= 4 is 21.6 Å². The van der Waals surface area contributed by atoms with Crippen LogP contribution in [0.2, 0.25) is 0 Å². The lowest BCUT2D eigenvalue weighted by Gasteiger charge is -2.12. The number of anilines is 1. The molecule has 0 aliphatic rings. The fraction of sp³-hybridized carbons (Fsp3) is 0.375. The van der Waals surface area contributed by atoms with E-state index in [1.54, 1.807) is 0 Å². The third-order valence-electron chi connectivity index (χ3n) is 1.76. The molecule has 0 bridgehead atoms. The zero-order valence-corrected chi connectivity index (χ0v) is 9.01. The van der Waals surface area contributed by atoms with E-state index in [1.807, 2.05) is 0 Å². The summed E-state index contributed by atoms with van der Waals surface area (Å²) in [6.07, 6.45) is -1.45. The Morgan fingerprint density at radius 1 is 1.64 bits per heavy atom. The topological polar surface area (TPSA) is 48.1 Å². The lowest BCUT2D eigenvalue weighted by Crippen LogP contribution is -2.04. The average molecular weight is 267 g/mol. The van der Waals surface area contributed by atoms with Crippen LogP contribution in [0.4, 0.5) is 14.5 Å². The molecule has 0 amide bonds. The molecule has 1 rings (SSSR count). The Kier molecular flexibility index (Phi) is 3.62. The number of nitrogens with two attached hydrogens (primary N) is 1. The summed E-state index contributed by atoms with van der Waals surface area (Å²) in [7, 11) is 1.37. The Morgan fingerprint density at radius 2 is 2.29 bits per heavy atom. The van der Waals surface area contributed by atoms with Gasteiger partial charge in [-0.1, -0.05) is 15.9 Å². The van der Waals surface area contributed by atoms with Gasteiger partial charge in [-0.3, -0.25) is 0 Å². The number of hydrogen-bond acceptors (Lipinski definition) is 3. The fourth-order valence-corrected chi connectivity index (χ4v) is 1.67. The maximum absolute atomic E-state index is 12.6. The van der Waals surface area contributed by atoms with Gasteiger partial charge in [-0.15, -0.1) is 0 Å². The standard InChI is InChI=1S/C8H9BrF2N2O/c1-14-8-4(2-9)6(7(10)11)5(12)3-13-8/h3,7H,2,12H2,1H3. The second-order valence-corrected chi connectivity index (χ2v) is 3.11. The maximum Gasteiger partial charge on any atom is 0.266 e. The van der Waals surface area contributed by atoms with Crippen molar-refractivity contribution in [1.82, 2.24) is 4.98 Å². The van der Waals surface area contributed by atoms with E-state index in [-0.39, 0.29) is 22.5 Å². The monoisotopic (exact) mass is 266 g/mol. The van der Waals surface area contributed by atoms with Gasteiger partial charge in [-0.2, -0.15) is 0 Å². The van der Waals surface area contributed by atoms with Crippen LogP contribution in [-0.2, 0) is 5.33 Å². The van der Waals surface area contributed by atoms with Crippen molar-refractivity contribution in [2.45, 2.75) is 11.8 Å². The number of methoxy groups -OCH3 is 1. The highest BCUT2D eigenvalue weighted by atomic mass is 79.9. The highest BCUT2D eigenvalue weighted by Crippen LogP contribution is 2.34. The van der Waals surface area contributed by atoms with Gasteiger partial charge in [0.2, 0.25) is 5.88 Å². The summed E-state index contributed by atoms with van der Waals surface area (Å²) in [6.45, 7) is 0. The number of halogens is 3. The molecule has 0 spiro atoms. The molecular formula is C8H9BrF2N2O. The first-order valence-corrected chi connectivity index (χ1v) is 4.89. The molecule has 78 valence electrons. The van der Waals surface area contributed by atoms with E-state index in [2.05, 4.69) is 20.9 Å². The molecule has 0 saturated carbocycles. The first kappa shape index (κ1) is 11.2. The summed E-state index contributed by atoms with van der Waals surface area (Å²) in [5, 5.41) is 0.230. The molecule has 0 radical (unpaired) electrons. The summed E-state index contributed by atoms with van der Waals surface area (Å²) in [5.74, 6) is 0.173. The molecule has 14 heavy (non-hydrogen) atoms. The number of hydrogen-bond donors (Lipinski definition) is 1. The van der Waals surface area contributed by atoms with Crippen LogP contribution in [0.25, 0.3) is 0 Å². The Morgan fingerprint density at radius 3 is 2.71 bits per heavy atom. The second kappa shape index (κ2) is 4.54. The minimum Gasteiger partial charge on any atom is -0.481 e. The van der Waals surface area contributed by atoms with E-state index in [9.17, 15) is 8.78 Å². The molecule has 0 saturated heterocycles. The number of nitrogen functional groups attached to an aromatic ring is 1. The zero-order valence-electron chi connectivity index (χ0n) is 7.43. The number of nitrogens with zero attached hydrogens (tertiary/aromatic N) is 1. The van der Waals surface area contributed by atoms with E-state index in [1.165, 1.54) is 13.3 Å². The van der Waals surface area contributed by atoms with Gasteiger partial charge in [0, 0.05) is 10.9 Å². The minimum absolute atomic E-state index is 0.0183. The molecule has 3 nitrogen and oxygen atoms in total. The third kappa shape index (κ3) is 1.95. The van der Waals surface area contributed by atoms with E-state index in [0.29, 0.717) is 5.56 Å². The van der Waals surface area contributed by atoms with E-state index >= 15 is 0 Å². The van der Waals surface area contributed by atoms with Gasteiger partial charge >= 0.3 is 0 Å². The highest BCUT2D eigenvalue weighted by Gasteiger charge is 2.20. The largest absolute Gasteiger partial charge is 0.481 e. The molecule has 0 fully saturated rings. The van der Waals surface area contributed by atoms with Crippen LogP contribution >= 0.6 is 15.9 Å². The normalized spacial score (nSPS) is 10.6. The van der Waals surface area contributed by atoms with Gasteiger partial charge in [0.15, 0.2) is 0 Å². The first-order valence-electron chi connectivity index (χ1n) is 3.77. The van der Waals surface area contributed by atoms with Crippen LogP contribution in [0.3, 0.4) is 0 Å². The molecule has 0 atom stereocenters. The second-order valence-electron chi connectivity index (χ2n) is 2.55. The summed E-state index contributed by atoms with van der Waals surface area (Å²) in [4.78, 5) is 3.80. The Labute approximate surface area is 88.4 Å². The lowest BCUT2D eigenvalue weighted by molar-refractivity contribution is 0.150. The van der Waals surface area contributed by atoms with E-state index in [0.717, 1.165) is 0 Å². The van der Waals surface area contributed by atoms with Crippen LogP contribution in [0, 0.1) is 0 Å². The fourth-order valence-electron chi connectivity index (χ4n) is 1.13. The van der Waals surface area contributed by atoms with Gasteiger partial charge in [0.25, 0.3) is 6.43 Å². The summed E-state index contributed by atoms with van der Waals surface area (Å²) in [5.41, 5.74) is 5.46. The molecule has 1 aromatic rings. The number of rotatable bonds is 3. The summed E-state index contributed by atoms with van der Waals surface area (Å²) in [6, 6.07) is 0.